The highest BCUT2D eigenvalue weighted by Crippen LogP contribution is 2.17. The summed E-state index contributed by atoms with van der Waals surface area (Å²) >= 11 is 5.78. The maximum absolute atomic E-state index is 12.0. The van der Waals surface area contributed by atoms with E-state index in [-0.39, 0.29) is 0 Å². The molecule has 0 amide bonds. The molecule has 0 aliphatic carbocycles. The number of benzene rings is 2. The van der Waals surface area contributed by atoms with Gasteiger partial charge in [-0.3, -0.25) is 0 Å². The Morgan fingerprint density at radius 1 is 1.05 bits per heavy atom. The molecule has 0 fully saturated rings. The summed E-state index contributed by atoms with van der Waals surface area (Å²) in [6.45, 7) is 0. The molecule has 21 heavy (non-hydrogen) atoms. The van der Waals surface area contributed by atoms with E-state index < -0.39 is 5.97 Å². The molecule has 0 aliphatic heterocycles. The van der Waals surface area contributed by atoms with E-state index in [1.165, 1.54) is 0 Å². The van der Waals surface area contributed by atoms with Gasteiger partial charge in [-0.25, -0.2) is 9.78 Å². The third kappa shape index (κ3) is 3.12. The van der Waals surface area contributed by atoms with Crippen LogP contribution in [0.25, 0.3) is 5.69 Å². The molecule has 2 aromatic carbocycles. The second-order valence-electron chi connectivity index (χ2n) is 4.36. The van der Waals surface area contributed by atoms with Crippen LogP contribution in [0.15, 0.2) is 67.3 Å². The quantitative estimate of drug-likeness (QED) is 0.546. The van der Waals surface area contributed by atoms with Crippen LogP contribution in [0.2, 0.25) is 5.02 Å². The zero-order valence-corrected chi connectivity index (χ0v) is 11.7. The van der Waals surface area contributed by atoms with Gasteiger partial charge in [-0.1, -0.05) is 11.6 Å². The normalized spacial score (nSPS) is 10.3. The van der Waals surface area contributed by atoms with E-state index in [0.29, 0.717) is 16.3 Å². The lowest BCUT2D eigenvalue weighted by atomic mass is 10.2. The first kappa shape index (κ1) is 13.4. The molecule has 3 aromatic rings. The summed E-state index contributed by atoms with van der Waals surface area (Å²) in [5, 5.41) is 0.580. The van der Waals surface area contributed by atoms with Crippen LogP contribution in [0, 0.1) is 0 Å². The third-order valence-corrected chi connectivity index (χ3v) is 3.18. The number of halogens is 1. The van der Waals surface area contributed by atoms with Crippen LogP contribution < -0.4 is 4.74 Å². The summed E-state index contributed by atoms with van der Waals surface area (Å²) in [7, 11) is 0. The Bertz CT molecular complexity index is 735. The van der Waals surface area contributed by atoms with Crippen molar-refractivity contribution in [3.63, 3.8) is 0 Å². The van der Waals surface area contributed by atoms with E-state index in [0.717, 1.165) is 5.69 Å². The molecule has 0 unspecified atom stereocenters. The Kier molecular flexibility index (Phi) is 3.71. The molecule has 0 atom stereocenters. The molecule has 4 nitrogen and oxygen atoms in total. The van der Waals surface area contributed by atoms with E-state index in [4.69, 9.17) is 16.3 Å². The average molecular weight is 299 g/mol. The van der Waals surface area contributed by atoms with Crippen LogP contribution in [0.1, 0.15) is 10.4 Å². The standard InChI is InChI=1S/C16H11ClN2O2/c17-13-3-1-12(2-4-13)16(20)21-15-7-5-14(6-8-15)19-10-9-18-11-19/h1-11H. The molecule has 1 heterocycles. The van der Waals surface area contributed by atoms with Gasteiger partial charge in [0.05, 0.1) is 11.9 Å². The second-order valence-corrected chi connectivity index (χ2v) is 4.80. The molecule has 104 valence electrons. The van der Waals surface area contributed by atoms with Crippen molar-refractivity contribution >= 4 is 17.6 Å². The average Bonchev–Trinajstić information content (AvgIpc) is 3.03. The molecule has 0 N–H and O–H groups in total. The van der Waals surface area contributed by atoms with E-state index in [9.17, 15) is 4.79 Å². The number of esters is 1. The zero-order chi connectivity index (χ0) is 14.7. The van der Waals surface area contributed by atoms with Crippen LogP contribution in [0.4, 0.5) is 0 Å². The van der Waals surface area contributed by atoms with Crippen molar-refractivity contribution in [3.05, 3.63) is 77.8 Å². The highest BCUT2D eigenvalue weighted by molar-refractivity contribution is 6.30. The number of imidazole rings is 1. The van der Waals surface area contributed by atoms with Gasteiger partial charge in [0.2, 0.25) is 0 Å². The first-order valence-electron chi connectivity index (χ1n) is 6.28. The van der Waals surface area contributed by atoms with Gasteiger partial charge >= 0.3 is 5.97 Å². The molecule has 5 heteroatoms. The largest absolute Gasteiger partial charge is 0.423 e. The van der Waals surface area contributed by atoms with Crippen molar-refractivity contribution in [2.75, 3.05) is 0 Å². The van der Waals surface area contributed by atoms with Gasteiger partial charge in [-0.05, 0) is 48.5 Å². The third-order valence-electron chi connectivity index (χ3n) is 2.93. The molecular weight excluding hydrogens is 288 g/mol. The van der Waals surface area contributed by atoms with Gasteiger partial charge in [0, 0.05) is 23.1 Å². The maximum atomic E-state index is 12.0. The molecule has 0 aliphatic rings. The fraction of sp³-hybridized carbons (Fsp3) is 0. The first-order chi connectivity index (χ1) is 10.2. The molecular formula is C16H11ClN2O2. The Labute approximate surface area is 126 Å². The van der Waals surface area contributed by atoms with Crippen LogP contribution in [-0.4, -0.2) is 15.5 Å². The van der Waals surface area contributed by atoms with Crippen molar-refractivity contribution in [2.24, 2.45) is 0 Å². The zero-order valence-electron chi connectivity index (χ0n) is 10.9. The van der Waals surface area contributed by atoms with Gasteiger partial charge in [-0.2, -0.15) is 0 Å². The number of hydrogen-bond donors (Lipinski definition) is 0. The molecule has 0 saturated heterocycles. The minimum absolute atomic E-state index is 0.415. The molecule has 0 saturated carbocycles. The monoisotopic (exact) mass is 298 g/mol. The highest BCUT2D eigenvalue weighted by atomic mass is 35.5. The van der Waals surface area contributed by atoms with Crippen molar-refractivity contribution in [1.29, 1.82) is 0 Å². The topological polar surface area (TPSA) is 44.1 Å². The Balaban J connectivity index is 1.73. The highest BCUT2D eigenvalue weighted by Gasteiger charge is 2.08. The van der Waals surface area contributed by atoms with Crippen LogP contribution in [0.3, 0.4) is 0 Å². The summed E-state index contributed by atoms with van der Waals surface area (Å²) in [6, 6.07) is 13.8. The molecule has 0 spiro atoms. The molecule has 0 bridgehead atoms. The number of carbonyl (C=O) groups excluding carboxylic acids is 1. The number of ether oxygens (including phenoxy) is 1. The smallest absolute Gasteiger partial charge is 0.343 e. The van der Waals surface area contributed by atoms with Crippen LogP contribution in [0.5, 0.6) is 5.75 Å². The van der Waals surface area contributed by atoms with Gasteiger partial charge < -0.3 is 9.30 Å². The van der Waals surface area contributed by atoms with Crippen molar-refractivity contribution in [3.8, 4) is 11.4 Å². The molecule has 3 rings (SSSR count). The Hall–Kier alpha value is -2.59. The summed E-state index contributed by atoms with van der Waals surface area (Å²) in [5.74, 6) is 0.0702. The summed E-state index contributed by atoms with van der Waals surface area (Å²) in [6.07, 6.45) is 5.25. The van der Waals surface area contributed by atoms with Gasteiger partial charge in [0.25, 0.3) is 0 Å². The minimum Gasteiger partial charge on any atom is -0.423 e. The lowest BCUT2D eigenvalue weighted by Crippen LogP contribution is -2.08. The molecule has 1 aromatic heterocycles. The lowest BCUT2D eigenvalue weighted by Gasteiger charge is -2.06. The number of aromatic nitrogens is 2. The summed E-state index contributed by atoms with van der Waals surface area (Å²) in [5.41, 5.74) is 1.40. The summed E-state index contributed by atoms with van der Waals surface area (Å²) in [4.78, 5) is 15.9. The van der Waals surface area contributed by atoms with Gasteiger partial charge in [-0.15, -0.1) is 0 Å². The molecule has 0 radical (unpaired) electrons. The van der Waals surface area contributed by atoms with E-state index in [2.05, 4.69) is 4.98 Å². The van der Waals surface area contributed by atoms with Gasteiger partial charge in [0.1, 0.15) is 5.75 Å². The van der Waals surface area contributed by atoms with E-state index in [1.54, 1.807) is 48.9 Å². The maximum Gasteiger partial charge on any atom is 0.343 e. The SMILES string of the molecule is O=C(Oc1ccc(-n2ccnc2)cc1)c1ccc(Cl)cc1. The second kappa shape index (κ2) is 5.81. The number of carbonyl (C=O) groups is 1. The van der Waals surface area contributed by atoms with Crippen molar-refractivity contribution in [2.45, 2.75) is 0 Å². The lowest BCUT2D eigenvalue weighted by molar-refractivity contribution is 0.0735. The number of rotatable bonds is 3. The number of hydrogen-bond acceptors (Lipinski definition) is 3. The van der Waals surface area contributed by atoms with Crippen LogP contribution in [-0.2, 0) is 0 Å². The van der Waals surface area contributed by atoms with E-state index >= 15 is 0 Å². The first-order valence-corrected chi connectivity index (χ1v) is 6.66. The summed E-state index contributed by atoms with van der Waals surface area (Å²) < 4.78 is 7.17. The minimum atomic E-state index is -0.415. The van der Waals surface area contributed by atoms with Gasteiger partial charge in [0.15, 0.2) is 0 Å². The van der Waals surface area contributed by atoms with E-state index in [1.807, 2.05) is 22.9 Å². The van der Waals surface area contributed by atoms with Crippen molar-refractivity contribution in [1.82, 2.24) is 9.55 Å². The van der Waals surface area contributed by atoms with Crippen molar-refractivity contribution < 1.29 is 9.53 Å². The Morgan fingerprint density at radius 3 is 2.38 bits per heavy atom. The Morgan fingerprint density at radius 2 is 1.76 bits per heavy atom. The predicted molar refractivity (Wildman–Crippen MR) is 80.0 cm³/mol. The fourth-order valence-electron chi connectivity index (χ4n) is 1.85. The predicted octanol–water partition coefficient (Wildman–Crippen LogP) is 3.74. The fourth-order valence-corrected chi connectivity index (χ4v) is 1.98. The number of nitrogens with zero attached hydrogens (tertiary/aromatic N) is 2. The van der Waals surface area contributed by atoms with Crippen LogP contribution >= 0.6 is 11.6 Å².